The first kappa shape index (κ1) is 20.0. The minimum absolute atomic E-state index is 0.184. The van der Waals surface area contributed by atoms with Crippen molar-refractivity contribution in [3.63, 3.8) is 0 Å². The van der Waals surface area contributed by atoms with Crippen LogP contribution in [0.2, 0.25) is 0 Å². The fourth-order valence-electron chi connectivity index (χ4n) is 5.34. The minimum Gasteiger partial charge on any atom is -0.379 e. The number of benzene rings is 1. The van der Waals surface area contributed by atoms with Crippen molar-refractivity contribution in [1.82, 2.24) is 19.3 Å². The van der Waals surface area contributed by atoms with Gasteiger partial charge in [-0.3, -0.25) is 14.6 Å². The molecule has 0 unspecified atom stereocenters. The maximum absolute atomic E-state index is 13.1. The van der Waals surface area contributed by atoms with Crippen molar-refractivity contribution in [2.45, 2.75) is 38.3 Å². The van der Waals surface area contributed by atoms with Crippen molar-refractivity contribution in [3.8, 4) is 0 Å². The van der Waals surface area contributed by atoms with Crippen LogP contribution in [0.25, 0.3) is 10.9 Å². The molecule has 2 aliphatic heterocycles. The molecule has 2 aromatic rings. The van der Waals surface area contributed by atoms with Gasteiger partial charge in [-0.25, -0.2) is 0 Å². The fraction of sp³-hybridized carbons (Fsp3) is 0.625. The van der Waals surface area contributed by atoms with Crippen LogP contribution in [0, 0.1) is 0 Å². The molecule has 30 heavy (non-hydrogen) atoms. The summed E-state index contributed by atoms with van der Waals surface area (Å²) < 4.78 is 7.74. The summed E-state index contributed by atoms with van der Waals surface area (Å²) in [5.74, 6) is 0.184. The van der Waals surface area contributed by atoms with Gasteiger partial charge in [0.05, 0.1) is 13.2 Å². The van der Waals surface area contributed by atoms with Crippen LogP contribution in [0.15, 0.2) is 30.5 Å². The van der Waals surface area contributed by atoms with E-state index in [1.165, 1.54) is 31.2 Å². The smallest absolute Gasteiger partial charge is 0.253 e. The van der Waals surface area contributed by atoms with Crippen molar-refractivity contribution in [2.24, 2.45) is 0 Å². The van der Waals surface area contributed by atoms with Gasteiger partial charge in [-0.05, 0) is 37.1 Å². The van der Waals surface area contributed by atoms with Gasteiger partial charge >= 0.3 is 0 Å². The molecule has 1 saturated carbocycles. The van der Waals surface area contributed by atoms with Crippen molar-refractivity contribution in [1.29, 1.82) is 0 Å². The zero-order chi connectivity index (χ0) is 20.3. The molecule has 0 atom stereocenters. The van der Waals surface area contributed by atoms with E-state index in [1.54, 1.807) is 0 Å². The van der Waals surface area contributed by atoms with E-state index < -0.39 is 0 Å². The normalized spacial score (nSPS) is 22.2. The molecule has 3 fully saturated rings. The van der Waals surface area contributed by atoms with Gasteiger partial charge in [0, 0.05) is 81.1 Å². The van der Waals surface area contributed by atoms with Crippen molar-refractivity contribution < 1.29 is 9.53 Å². The molecule has 1 aliphatic carbocycles. The summed E-state index contributed by atoms with van der Waals surface area (Å²) in [5, 5.41) is 1.16. The van der Waals surface area contributed by atoms with Gasteiger partial charge in [0.15, 0.2) is 0 Å². The first-order valence-electron chi connectivity index (χ1n) is 11.7. The van der Waals surface area contributed by atoms with Crippen molar-refractivity contribution in [2.75, 3.05) is 59.0 Å². The number of hydrogen-bond donors (Lipinski definition) is 0. The van der Waals surface area contributed by atoms with E-state index in [0.717, 1.165) is 82.6 Å². The highest BCUT2D eigenvalue weighted by atomic mass is 16.5. The van der Waals surface area contributed by atoms with Gasteiger partial charge in [0.25, 0.3) is 5.91 Å². The number of aromatic nitrogens is 1. The van der Waals surface area contributed by atoms with E-state index in [0.29, 0.717) is 0 Å². The highest BCUT2D eigenvalue weighted by Gasteiger charge is 2.28. The van der Waals surface area contributed by atoms with Crippen LogP contribution >= 0.6 is 0 Å². The Bertz CT molecular complexity index is 859. The highest BCUT2D eigenvalue weighted by Crippen LogP contribution is 2.25. The lowest BCUT2D eigenvalue weighted by Crippen LogP contribution is -2.51. The molecule has 6 heteroatoms. The number of piperazine rings is 1. The van der Waals surface area contributed by atoms with Gasteiger partial charge in [-0.2, -0.15) is 0 Å². The summed E-state index contributed by atoms with van der Waals surface area (Å²) in [6, 6.07) is 9.11. The molecule has 1 aromatic carbocycles. The number of carbonyl (C=O) groups excluding carboxylic acids is 1. The van der Waals surface area contributed by atoms with Crippen molar-refractivity contribution in [3.05, 3.63) is 36.0 Å². The second-order valence-corrected chi connectivity index (χ2v) is 9.00. The van der Waals surface area contributed by atoms with Crippen LogP contribution in [0.1, 0.15) is 36.0 Å². The second-order valence-electron chi connectivity index (χ2n) is 9.00. The topological polar surface area (TPSA) is 41.0 Å². The number of nitrogens with zero attached hydrogens (tertiary/aromatic N) is 4. The maximum Gasteiger partial charge on any atom is 0.253 e. The highest BCUT2D eigenvalue weighted by molar-refractivity contribution is 5.98. The predicted octanol–water partition coefficient (Wildman–Crippen LogP) is 2.67. The number of rotatable bonds is 5. The van der Waals surface area contributed by atoms with E-state index in [2.05, 4.69) is 38.8 Å². The third kappa shape index (κ3) is 4.27. The number of ether oxygens (including phenoxy) is 1. The average Bonchev–Trinajstić information content (AvgIpc) is 3.48. The predicted molar refractivity (Wildman–Crippen MR) is 119 cm³/mol. The molecule has 1 amide bonds. The number of fused-ring (bicyclic) bond motifs is 1. The largest absolute Gasteiger partial charge is 0.379 e. The lowest BCUT2D eigenvalue weighted by atomic mass is 10.1. The summed E-state index contributed by atoms with van der Waals surface area (Å²) in [4.78, 5) is 20.2. The molecule has 0 spiro atoms. The summed E-state index contributed by atoms with van der Waals surface area (Å²) >= 11 is 0. The lowest BCUT2D eigenvalue weighted by molar-refractivity contribution is 0.0365. The fourth-order valence-corrected chi connectivity index (χ4v) is 5.34. The molecule has 5 rings (SSSR count). The lowest BCUT2D eigenvalue weighted by Gasteiger charge is -2.38. The molecule has 0 N–H and O–H groups in total. The van der Waals surface area contributed by atoms with Crippen molar-refractivity contribution >= 4 is 16.8 Å². The van der Waals surface area contributed by atoms with Gasteiger partial charge in [0.2, 0.25) is 0 Å². The van der Waals surface area contributed by atoms with Crippen LogP contribution in [0.5, 0.6) is 0 Å². The Labute approximate surface area is 179 Å². The van der Waals surface area contributed by atoms with Crippen LogP contribution in [0.3, 0.4) is 0 Å². The van der Waals surface area contributed by atoms with Gasteiger partial charge in [-0.15, -0.1) is 0 Å². The maximum atomic E-state index is 13.1. The van der Waals surface area contributed by atoms with E-state index in [9.17, 15) is 4.79 Å². The Morgan fingerprint density at radius 3 is 2.47 bits per heavy atom. The first-order chi connectivity index (χ1) is 14.8. The average molecular weight is 411 g/mol. The molecule has 2 saturated heterocycles. The molecule has 0 bridgehead atoms. The number of amides is 1. The van der Waals surface area contributed by atoms with E-state index >= 15 is 0 Å². The van der Waals surface area contributed by atoms with Gasteiger partial charge < -0.3 is 14.2 Å². The quantitative estimate of drug-likeness (QED) is 0.760. The monoisotopic (exact) mass is 410 g/mol. The molecule has 162 valence electrons. The summed E-state index contributed by atoms with van der Waals surface area (Å²) in [6.07, 6.45) is 7.58. The molecular weight excluding hydrogens is 376 g/mol. The molecule has 3 heterocycles. The molecule has 1 aromatic heterocycles. The summed E-state index contributed by atoms with van der Waals surface area (Å²) in [5.41, 5.74) is 2.04. The third-order valence-electron chi connectivity index (χ3n) is 7.22. The van der Waals surface area contributed by atoms with Gasteiger partial charge in [0.1, 0.15) is 0 Å². The number of morpholine rings is 1. The number of carbonyl (C=O) groups is 1. The van der Waals surface area contributed by atoms with Crippen LogP contribution < -0.4 is 0 Å². The Hall–Kier alpha value is -1.89. The zero-order valence-corrected chi connectivity index (χ0v) is 18.0. The van der Waals surface area contributed by atoms with Crippen LogP contribution in [0.4, 0.5) is 0 Å². The molecule has 6 nitrogen and oxygen atoms in total. The second kappa shape index (κ2) is 9.08. The van der Waals surface area contributed by atoms with Crippen LogP contribution in [-0.2, 0) is 11.3 Å². The molecular formula is C24H34N4O2. The van der Waals surface area contributed by atoms with Crippen LogP contribution in [-0.4, -0.2) is 90.2 Å². The van der Waals surface area contributed by atoms with Gasteiger partial charge in [-0.1, -0.05) is 12.8 Å². The third-order valence-corrected chi connectivity index (χ3v) is 7.22. The number of hydrogen-bond acceptors (Lipinski definition) is 4. The van der Waals surface area contributed by atoms with E-state index in [1.807, 2.05) is 11.0 Å². The minimum atomic E-state index is 0.184. The van der Waals surface area contributed by atoms with E-state index in [4.69, 9.17) is 4.74 Å². The Balaban J connectivity index is 1.20. The SMILES string of the molecule is O=C(c1ccc2c(ccn2CCN2CCOCC2)c1)N1CCN(C2CCCC2)CC1. The summed E-state index contributed by atoms with van der Waals surface area (Å²) in [7, 11) is 0. The van der Waals surface area contributed by atoms with E-state index in [-0.39, 0.29) is 5.91 Å². The first-order valence-corrected chi connectivity index (χ1v) is 11.7. The summed E-state index contributed by atoms with van der Waals surface area (Å²) in [6.45, 7) is 9.49. The Morgan fingerprint density at radius 2 is 1.70 bits per heavy atom. The Kier molecular flexibility index (Phi) is 6.07. The standard InChI is InChI=1S/C24H34N4O2/c29-24(28-13-11-26(12-14-28)22-3-1-2-4-22)21-5-6-23-20(19-21)7-8-27(23)10-9-25-15-17-30-18-16-25/h5-8,19,22H,1-4,9-18H2. The molecule has 3 aliphatic rings. The zero-order valence-electron chi connectivity index (χ0n) is 18.0. The Morgan fingerprint density at radius 1 is 0.933 bits per heavy atom. The molecule has 0 radical (unpaired) electrons.